The molecule has 2 rings (SSSR count). The van der Waals surface area contributed by atoms with Crippen molar-refractivity contribution in [2.45, 2.75) is 59.1 Å². The molecule has 0 saturated heterocycles. The minimum Gasteiger partial charge on any atom is -0.496 e. The van der Waals surface area contributed by atoms with Crippen molar-refractivity contribution in [1.29, 1.82) is 0 Å². The number of methoxy groups -OCH3 is 1. The van der Waals surface area contributed by atoms with Gasteiger partial charge in [-0.2, -0.15) is 0 Å². The second kappa shape index (κ2) is 9.45. The lowest BCUT2D eigenvalue weighted by Crippen LogP contribution is -2.38. The summed E-state index contributed by atoms with van der Waals surface area (Å²) in [5.41, 5.74) is 3.23. The van der Waals surface area contributed by atoms with Crippen LogP contribution in [0.2, 0.25) is 0 Å². The third-order valence-corrected chi connectivity index (χ3v) is 4.76. The quantitative estimate of drug-likeness (QED) is 0.699. The summed E-state index contributed by atoms with van der Waals surface area (Å²) in [6, 6.07) is 13.8. The third kappa shape index (κ3) is 5.25. The molecule has 1 amide bonds. The summed E-state index contributed by atoms with van der Waals surface area (Å²) in [5.74, 6) is 1.83. The first-order chi connectivity index (χ1) is 12.9. The molecule has 0 spiro atoms. The SMILES string of the molecule is CC[C@H](NC(=O)[C@H](C)Oc1ccccc1C(C)C)c1ccc(OC)c(C)c1. The molecule has 27 heavy (non-hydrogen) atoms. The van der Waals surface area contributed by atoms with Gasteiger partial charge in [-0.3, -0.25) is 4.79 Å². The van der Waals surface area contributed by atoms with Crippen molar-refractivity contribution in [3.8, 4) is 11.5 Å². The van der Waals surface area contributed by atoms with Crippen LogP contribution in [0.3, 0.4) is 0 Å². The van der Waals surface area contributed by atoms with Crippen LogP contribution in [0.1, 0.15) is 62.8 Å². The van der Waals surface area contributed by atoms with Gasteiger partial charge in [0.15, 0.2) is 6.10 Å². The van der Waals surface area contributed by atoms with Crippen molar-refractivity contribution in [2.75, 3.05) is 7.11 Å². The Bertz CT molecular complexity index is 770. The van der Waals surface area contributed by atoms with E-state index >= 15 is 0 Å². The summed E-state index contributed by atoms with van der Waals surface area (Å²) >= 11 is 0. The Morgan fingerprint density at radius 3 is 2.37 bits per heavy atom. The first kappa shape index (κ1) is 20.8. The fourth-order valence-corrected chi connectivity index (χ4v) is 3.14. The Morgan fingerprint density at radius 2 is 1.78 bits per heavy atom. The number of aryl methyl sites for hydroxylation is 1. The lowest BCUT2D eigenvalue weighted by atomic mass is 10.0. The van der Waals surface area contributed by atoms with Gasteiger partial charge in [-0.05, 0) is 55.0 Å². The van der Waals surface area contributed by atoms with Crippen LogP contribution in [0, 0.1) is 6.92 Å². The normalized spacial score (nSPS) is 13.1. The standard InChI is InChI=1S/C23H31NO3/c1-7-20(18-12-13-21(26-6)16(4)14-18)24-23(25)17(5)27-22-11-9-8-10-19(22)15(2)3/h8-15,17,20H,7H2,1-6H3,(H,24,25)/t17-,20-/m0/s1. The van der Waals surface area contributed by atoms with E-state index in [1.165, 1.54) is 0 Å². The number of hydrogen-bond acceptors (Lipinski definition) is 3. The Kier molecular flexibility index (Phi) is 7.28. The molecule has 2 aromatic carbocycles. The molecule has 4 heteroatoms. The molecule has 0 heterocycles. The molecule has 1 N–H and O–H groups in total. The lowest BCUT2D eigenvalue weighted by molar-refractivity contribution is -0.128. The predicted molar refractivity (Wildman–Crippen MR) is 110 cm³/mol. The summed E-state index contributed by atoms with van der Waals surface area (Å²) in [5, 5.41) is 3.11. The van der Waals surface area contributed by atoms with Gasteiger partial charge in [-0.15, -0.1) is 0 Å². The second-order valence-electron chi connectivity index (χ2n) is 7.15. The van der Waals surface area contributed by atoms with E-state index in [9.17, 15) is 4.79 Å². The zero-order chi connectivity index (χ0) is 20.0. The molecule has 2 aromatic rings. The van der Waals surface area contributed by atoms with Crippen molar-refractivity contribution in [3.63, 3.8) is 0 Å². The molecule has 0 aliphatic heterocycles. The van der Waals surface area contributed by atoms with Crippen molar-refractivity contribution in [2.24, 2.45) is 0 Å². The molecule has 0 radical (unpaired) electrons. The summed E-state index contributed by atoms with van der Waals surface area (Å²) in [6.07, 6.45) is 0.227. The largest absolute Gasteiger partial charge is 0.496 e. The molecule has 0 saturated carbocycles. The van der Waals surface area contributed by atoms with Gasteiger partial charge in [-0.25, -0.2) is 0 Å². The fraction of sp³-hybridized carbons (Fsp3) is 0.435. The first-order valence-electron chi connectivity index (χ1n) is 9.57. The van der Waals surface area contributed by atoms with E-state index in [1.807, 2.05) is 43.3 Å². The zero-order valence-corrected chi connectivity index (χ0v) is 17.2. The highest BCUT2D eigenvalue weighted by atomic mass is 16.5. The van der Waals surface area contributed by atoms with Crippen LogP contribution in [0.4, 0.5) is 0 Å². The molecule has 146 valence electrons. The molecule has 0 fully saturated rings. The van der Waals surface area contributed by atoms with E-state index in [1.54, 1.807) is 14.0 Å². The summed E-state index contributed by atoms with van der Waals surface area (Å²) in [4.78, 5) is 12.7. The van der Waals surface area contributed by atoms with E-state index in [2.05, 4.69) is 32.2 Å². The van der Waals surface area contributed by atoms with E-state index in [-0.39, 0.29) is 11.9 Å². The highest BCUT2D eigenvalue weighted by Crippen LogP contribution is 2.27. The molecule has 0 unspecified atom stereocenters. The maximum Gasteiger partial charge on any atom is 0.261 e. The third-order valence-electron chi connectivity index (χ3n) is 4.76. The number of carbonyl (C=O) groups is 1. The first-order valence-corrected chi connectivity index (χ1v) is 9.57. The van der Waals surface area contributed by atoms with Gasteiger partial charge in [0.2, 0.25) is 0 Å². The molecule has 2 atom stereocenters. The van der Waals surface area contributed by atoms with Crippen LogP contribution in [-0.2, 0) is 4.79 Å². The fourth-order valence-electron chi connectivity index (χ4n) is 3.14. The number of rotatable bonds is 8. The average Bonchev–Trinajstić information content (AvgIpc) is 2.66. The van der Waals surface area contributed by atoms with Gasteiger partial charge < -0.3 is 14.8 Å². The van der Waals surface area contributed by atoms with Crippen LogP contribution in [0.5, 0.6) is 11.5 Å². The Balaban J connectivity index is 2.09. The van der Waals surface area contributed by atoms with Crippen molar-refractivity contribution in [1.82, 2.24) is 5.32 Å². The highest BCUT2D eigenvalue weighted by molar-refractivity contribution is 5.81. The number of benzene rings is 2. The minimum absolute atomic E-state index is 0.0616. The van der Waals surface area contributed by atoms with Crippen molar-refractivity contribution < 1.29 is 14.3 Å². The molecular formula is C23H31NO3. The maximum absolute atomic E-state index is 12.7. The molecule has 0 aliphatic carbocycles. The molecular weight excluding hydrogens is 338 g/mol. The predicted octanol–water partition coefficient (Wildman–Crippen LogP) is 5.16. The summed E-state index contributed by atoms with van der Waals surface area (Å²) in [6.45, 7) is 10.1. The second-order valence-corrected chi connectivity index (χ2v) is 7.15. The Labute approximate surface area is 162 Å². The van der Waals surface area contributed by atoms with Gasteiger partial charge in [-0.1, -0.05) is 51.1 Å². The highest BCUT2D eigenvalue weighted by Gasteiger charge is 2.21. The van der Waals surface area contributed by atoms with Gasteiger partial charge in [0.25, 0.3) is 5.91 Å². The van der Waals surface area contributed by atoms with Gasteiger partial charge in [0, 0.05) is 0 Å². The van der Waals surface area contributed by atoms with Crippen LogP contribution >= 0.6 is 0 Å². The van der Waals surface area contributed by atoms with Gasteiger partial charge >= 0.3 is 0 Å². The molecule has 4 nitrogen and oxygen atoms in total. The number of carbonyl (C=O) groups excluding carboxylic acids is 1. The number of ether oxygens (including phenoxy) is 2. The minimum atomic E-state index is -0.571. The number of nitrogens with one attached hydrogen (secondary N) is 1. The maximum atomic E-state index is 12.7. The van der Waals surface area contributed by atoms with Crippen LogP contribution in [-0.4, -0.2) is 19.1 Å². The lowest BCUT2D eigenvalue weighted by Gasteiger charge is -2.23. The topological polar surface area (TPSA) is 47.6 Å². The summed E-state index contributed by atoms with van der Waals surface area (Å²) < 4.78 is 11.3. The van der Waals surface area contributed by atoms with Crippen molar-refractivity contribution >= 4 is 5.91 Å². The van der Waals surface area contributed by atoms with Crippen LogP contribution < -0.4 is 14.8 Å². The summed E-state index contributed by atoms with van der Waals surface area (Å²) in [7, 11) is 1.66. The van der Waals surface area contributed by atoms with Crippen LogP contribution in [0.25, 0.3) is 0 Å². The Hall–Kier alpha value is -2.49. The number of hydrogen-bond donors (Lipinski definition) is 1. The van der Waals surface area contributed by atoms with E-state index in [4.69, 9.17) is 9.47 Å². The number of para-hydroxylation sites is 1. The van der Waals surface area contributed by atoms with Gasteiger partial charge in [0.05, 0.1) is 13.2 Å². The van der Waals surface area contributed by atoms with Gasteiger partial charge in [0.1, 0.15) is 11.5 Å². The molecule has 0 aliphatic rings. The smallest absolute Gasteiger partial charge is 0.261 e. The monoisotopic (exact) mass is 369 g/mol. The zero-order valence-electron chi connectivity index (χ0n) is 17.2. The Morgan fingerprint density at radius 1 is 1.07 bits per heavy atom. The van der Waals surface area contributed by atoms with E-state index < -0.39 is 6.10 Å². The van der Waals surface area contributed by atoms with E-state index in [0.717, 1.165) is 34.6 Å². The van der Waals surface area contributed by atoms with E-state index in [0.29, 0.717) is 5.92 Å². The van der Waals surface area contributed by atoms with Crippen LogP contribution in [0.15, 0.2) is 42.5 Å². The molecule has 0 aromatic heterocycles. The molecule has 0 bridgehead atoms. The average molecular weight is 370 g/mol. The van der Waals surface area contributed by atoms with Crippen molar-refractivity contribution in [3.05, 3.63) is 59.2 Å². The number of amides is 1.